The second-order valence-electron chi connectivity index (χ2n) is 8.25. The van der Waals surface area contributed by atoms with Gasteiger partial charge in [0.25, 0.3) is 0 Å². The van der Waals surface area contributed by atoms with E-state index in [-0.39, 0.29) is 5.91 Å². The number of aliphatic imine (C=N–C) groups is 1. The Morgan fingerprint density at radius 2 is 1.87 bits per heavy atom. The van der Waals surface area contributed by atoms with Crippen molar-refractivity contribution in [2.75, 3.05) is 6.54 Å². The number of nitrogens with zero attached hydrogens (tertiary/aromatic N) is 2. The van der Waals surface area contributed by atoms with Crippen LogP contribution in [0.15, 0.2) is 94.9 Å². The summed E-state index contributed by atoms with van der Waals surface area (Å²) < 4.78 is 0. The number of amidine groups is 1. The van der Waals surface area contributed by atoms with Crippen LogP contribution < -0.4 is 11.1 Å². The maximum Gasteiger partial charge on any atom is 0.248 e. The smallest absolute Gasteiger partial charge is 0.248 e. The topological polar surface area (TPSA) is 70.7 Å². The van der Waals surface area contributed by atoms with Crippen LogP contribution in [0.1, 0.15) is 30.0 Å². The molecule has 0 fully saturated rings. The number of hydrogen-bond donors (Lipinski definition) is 2. The summed E-state index contributed by atoms with van der Waals surface area (Å²) in [6.07, 6.45) is 6.82. The Bertz CT molecular complexity index is 1120. The van der Waals surface area contributed by atoms with E-state index in [0.717, 1.165) is 53.3 Å². The summed E-state index contributed by atoms with van der Waals surface area (Å²) in [5.74, 6) is 0.822. The van der Waals surface area contributed by atoms with E-state index in [1.54, 1.807) is 6.08 Å². The lowest BCUT2D eigenvalue weighted by Crippen LogP contribution is -2.35. The third kappa shape index (κ3) is 3.27. The Morgan fingerprint density at radius 1 is 1.10 bits per heavy atom. The molecule has 0 spiro atoms. The van der Waals surface area contributed by atoms with E-state index in [1.807, 2.05) is 30.5 Å². The summed E-state index contributed by atoms with van der Waals surface area (Å²) in [6, 6.07) is 18.7. The quantitative estimate of drug-likeness (QED) is 0.833. The molecular formula is C25H24N4O. The van der Waals surface area contributed by atoms with Crippen molar-refractivity contribution in [3.8, 4) is 0 Å². The largest absolute Gasteiger partial charge is 0.324 e. The lowest BCUT2D eigenvalue weighted by molar-refractivity contribution is -0.115. The SMILES string of the molecule is CC(N)(Cc1ccccc1)c1ccc(C2=NC=C3C=CC(=O)NC4=C3N2CC4)cc1. The van der Waals surface area contributed by atoms with Gasteiger partial charge in [0.05, 0.1) is 5.70 Å². The van der Waals surface area contributed by atoms with Crippen LogP contribution in [0.3, 0.4) is 0 Å². The van der Waals surface area contributed by atoms with Crippen molar-refractivity contribution in [2.24, 2.45) is 10.7 Å². The average molecular weight is 396 g/mol. The van der Waals surface area contributed by atoms with Gasteiger partial charge >= 0.3 is 0 Å². The second kappa shape index (κ2) is 7.11. The minimum absolute atomic E-state index is 0.0822. The standard InChI is InChI=1S/C25H24N4O/c1-25(26,15-17-5-3-2-4-6-17)20-10-7-18(8-11-20)24-27-16-19-9-12-22(30)28-21-13-14-29(24)23(19)21/h2-12,16H,13-15,26H2,1H3,(H,28,30). The number of hydrogen-bond acceptors (Lipinski definition) is 4. The number of nitrogens with two attached hydrogens (primary N) is 1. The number of carbonyl (C=O) groups is 1. The van der Waals surface area contributed by atoms with Gasteiger partial charge in [-0.05, 0) is 30.5 Å². The fourth-order valence-electron chi connectivity index (χ4n) is 4.37. The molecule has 2 aromatic carbocycles. The monoisotopic (exact) mass is 396 g/mol. The summed E-state index contributed by atoms with van der Waals surface area (Å²) in [7, 11) is 0. The summed E-state index contributed by atoms with van der Waals surface area (Å²) in [5, 5.41) is 2.99. The first-order valence-electron chi connectivity index (χ1n) is 10.2. The normalized spacial score (nSPS) is 19.5. The summed E-state index contributed by atoms with van der Waals surface area (Å²) >= 11 is 0. The highest BCUT2D eigenvalue weighted by molar-refractivity contribution is 6.02. The van der Waals surface area contributed by atoms with Crippen LogP contribution in [0.4, 0.5) is 0 Å². The lowest BCUT2D eigenvalue weighted by Gasteiger charge is -2.29. The van der Waals surface area contributed by atoms with Gasteiger partial charge in [0.1, 0.15) is 5.84 Å². The molecule has 3 aliphatic rings. The van der Waals surface area contributed by atoms with Gasteiger partial charge in [-0.15, -0.1) is 0 Å². The molecule has 1 unspecified atom stereocenters. The molecule has 5 rings (SSSR count). The molecule has 0 bridgehead atoms. The predicted molar refractivity (Wildman–Crippen MR) is 118 cm³/mol. The Kier molecular flexibility index (Phi) is 4.40. The molecule has 3 N–H and O–H groups in total. The third-order valence-corrected chi connectivity index (χ3v) is 5.90. The van der Waals surface area contributed by atoms with Gasteiger partial charge in [-0.2, -0.15) is 0 Å². The van der Waals surface area contributed by atoms with Crippen molar-refractivity contribution in [2.45, 2.75) is 25.3 Å². The maximum atomic E-state index is 11.9. The van der Waals surface area contributed by atoms with Gasteiger partial charge in [0.2, 0.25) is 5.91 Å². The molecular weight excluding hydrogens is 372 g/mol. The highest BCUT2D eigenvalue weighted by atomic mass is 16.1. The van der Waals surface area contributed by atoms with Crippen molar-refractivity contribution >= 4 is 11.7 Å². The van der Waals surface area contributed by atoms with Crippen LogP contribution in [-0.4, -0.2) is 23.2 Å². The van der Waals surface area contributed by atoms with Gasteiger partial charge in [-0.25, -0.2) is 4.99 Å². The minimum Gasteiger partial charge on any atom is -0.324 e. The summed E-state index contributed by atoms with van der Waals surface area (Å²) in [4.78, 5) is 18.8. The number of rotatable bonds is 4. The molecule has 1 amide bonds. The van der Waals surface area contributed by atoms with Crippen molar-refractivity contribution in [3.63, 3.8) is 0 Å². The number of allylic oxidation sites excluding steroid dienone is 1. The van der Waals surface area contributed by atoms with Crippen LogP contribution in [-0.2, 0) is 16.8 Å². The first-order valence-corrected chi connectivity index (χ1v) is 10.2. The minimum atomic E-state index is -0.457. The average Bonchev–Trinajstić information content (AvgIpc) is 3.08. The number of carbonyl (C=O) groups excluding carboxylic acids is 1. The van der Waals surface area contributed by atoms with Crippen molar-refractivity contribution in [1.29, 1.82) is 0 Å². The predicted octanol–water partition coefficient (Wildman–Crippen LogP) is 3.35. The van der Waals surface area contributed by atoms with Gasteiger partial charge in [-0.1, -0.05) is 54.6 Å². The molecule has 0 saturated heterocycles. The molecule has 1 atom stereocenters. The highest BCUT2D eigenvalue weighted by Gasteiger charge is 2.33. The fraction of sp³-hybridized carbons (Fsp3) is 0.200. The zero-order valence-electron chi connectivity index (χ0n) is 16.9. The molecule has 3 aliphatic heterocycles. The molecule has 5 nitrogen and oxygen atoms in total. The number of amides is 1. The van der Waals surface area contributed by atoms with Crippen LogP contribution in [0, 0.1) is 0 Å². The summed E-state index contributed by atoms with van der Waals surface area (Å²) in [5.41, 5.74) is 12.6. The van der Waals surface area contributed by atoms with Gasteiger partial charge in [-0.3, -0.25) is 4.79 Å². The van der Waals surface area contributed by atoms with Gasteiger partial charge in [0.15, 0.2) is 0 Å². The fourth-order valence-corrected chi connectivity index (χ4v) is 4.37. The van der Waals surface area contributed by atoms with Crippen LogP contribution in [0.2, 0.25) is 0 Å². The van der Waals surface area contributed by atoms with Crippen molar-refractivity contribution in [1.82, 2.24) is 10.2 Å². The van der Waals surface area contributed by atoms with Gasteiger partial charge in [0, 0.05) is 47.6 Å². The number of nitrogens with one attached hydrogen (secondary N) is 1. The van der Waals surface area contributed by atoms with E-state index in [1.165, 1.54) is 5.56 Å². The van der Waals surface area contributed by atoms with Crippen LogP contribution in [0.5, 0.6) is 0 Å². The molecule has 30 heavy (non-hydrogen) atoms. The van der Waals surface area contributed by atoms with Crippen LogP contribution in [0.25, 0.3) is 0 Å². The van der Waals surface area contributed by atoms with Gasteiger partial charge < -0.3 is 16.0 Å². The Balaban J connectivity index is 1.43. The molecule has 3 heterocycles. The first-order chi connectivity index (χ1) is 14.5. The molecule has 0 aromatic heterocycles. The zero-order chi connectivity index (χ0) is 20.7. The van der Waals surface area contributed by atoms with E-state index in [4.69, 9.17) is 10.7 Å². The number of benzene rings is 2. The molecule has 2 aromatic rings. The molecule has 0 aliphatic carbocycles. The maximum absolute atomic E-state index is 11.9. The Morgan fingerprint density at radius 3 is 2.63 bits per heavy atom. The first kappa shape index (κ1) is 18.6. The molecule has 0 radical (unpaired) electrons. The van der Waals surface area contributed by atoms with Crippen molar-refractivity contribution in [3.05, 3.63) is 107 Å². The third-order valence-electron chi connectivity index (χ3n) is 5.90. The van der Waals surface area contributed by atoms with E-state index < -0.39 is 5.54 Å². The van der Waals surface area contributed by atoms with E-state index in [9.17, 15) is 4.79 Å². The molecule has 5 heteroatoms. The van der Waals surface area contributed by atoms with E-state index in [2.05, 4.69) is 53.5 Å². The lowest BCUT2D eigenvalue weighted by atomic mass is 9.86. The summed E-state index contributed by atoms with van der Waals surface area (Å²) in [6.45, 7) is 2.87. The van der Waals surface area contributed by atoms with Crippen LogP contribution >= 0.6 is 0 Å². The molecule has 0 saturated carbocycles. The Labute approximate surface area is 176 Å². The highest BCUT2D eigenvalue weighted by Crippen LogP contribution is 2.34. The van der Waals surface area contributed by atoms with Crippen molar-refractivity contribution < 1.29 is 4.79 Å². The van der Waals surface area contributed by atoms with E-state index >= 15 is 0 Å². The second-order valence-corrected chi connectivity index (χ2v) is 8.25. The van der Waals surface area contributed by atoms with E-state index in [0.29, 0.717) is 0 Å². The molecule has 150 valence electrons. The zero-order valence-corrected chi connectivity index (χ0v) is 16.9. The Hall–Kier alpha value is -3.44.